The molecule has 12 heavy (non-hydrogen) atoms. The summed E-state index contributed by atoms with van der Waals surface area (Å²) in [7, 11) is 0. The van der Waals surface area contributed by atoms with Crippen LogP contribution in [-0.4, -0.2) is 34.6 Å². The molecule has 2 rings (SSSR count). The van der Waals surface area contributed by atoms with Crippen LogP contribution < -0.4 is 0 Å². The predicted molar refractivity (Wildman–Crippen MR) is 47.7 cm³/mol. The van der Waals surface area contributed by atoms with Gasteiger partial charge >= 0.3 is 5.97 Å². The van der Waals surface area contributed by atoms with Gasteiger partial charge in [-0.25, -0.2) is 0 Å². The van der Waals surface area contributed by atoms with Crippen LogP contribution in [0.25, 0.3) is 0 Å². The van der Waals surface area contributed by atoms with Gasteiger partial charge < -0.3 is 5.11 Å². The Balaban J connectivity index is 0.000000720. The van der Waals surface area contributed by atoms with E-state index < -0.39 is 11.5 Å². The Bertz CT molecular complexity index is 185. The van der Waals surface area contributed by atoms with Gasteiger partial charge in [0.15, 0.2) is 0 Å². The number of carboxylic acid groups (broad SMARTS) is 1. The molecule has 0 amide bonds. The van der Waals surface area contributed by atoms with E-state index in [4.69, 9.17) is 5.11 Å². The van der Waals surface area contributed by atoms with E-state index in [-0.39, 0.29) is 12.4 Å². The Morgan fingerprint density at radius 1 is 1.25 bits per heavy atom. The van der Waals surface area contributed by atoms with Gasteiger partial charge in [-0.2, -0.15) is 0 Å². The quantitative estimate of drug-likeness (QED) is 0.676. The van der Waals surface area contributed by atoms with Crippen LogP contribution in [0.1, 0.15) is 25.7 Å². The second kappa shape index (κ2) is 3.23. The third kappa shape index (κ3) is 1.12. The highest BCUT2D eigenvalue weighted by molar-refractivity contribution is 5.85. The van der Waals surface area contributed by atoms with E-state index in [2.05, 4.69) is 4.90 Å². The zero-order valence-corrected chi connectivity index (χ0v) is 7.77. The maximum atomic E-state index is 11.0. The van der Waals surface area contributed by atoms with Gasteiger partial charge in [0.2, 0.25) is 0 Å². The van der Waals surface area contributed by atoms with E-state index in [1.165, 1.54) is 0 Å². The van der Waals surface area contributed by atoms with Crippen molar-refractivity contribution in [3.05, 3.63) is 0 Å². The largest absolute Gasteiger partial charge is 0.480 e. The zero-order valence-electron chi connectivity index (χ0n) is 6.95. The molecule has 0 aromatic heterocycles. The molecule has 0 saturated carbocycles. The van der Waals surface area contributed by atoms with Crippen LogP contribution >= 0.6 is 12.4 Å². The van der Waals surface area contributed by atoms with Crippen LogP contribution in [-0.2, 0) is 4.79 Å². The molecule has 1 N–H and O–H groups in total. The summed E-state index contributed by atoms with van der Waals surface area (Å²) in [4.78, 5) is 13.1. The molecule has 0 unspecified atom stereocenters. The molecule has 2 aliphatic rings. The minimum Gasteiger partial charge on any atom is -0.480 e. The molecule has 0 radical (unpaired) electrons. The summed E-state index contributed by atoms with van der Waals surface area (Å²) in [5, 5.41) is 9.03. The summed E-state index contributed by atoms with van der Waals surface area (Å²) in [5.41, 5.74) is -0.444. The third-order valence-electron chi connectivity index (χ3n) is 3.04. The maximum Gasteiger partial charge on any atom is 0.324 e. The number of carboxylic acids is 1. The Kier molecular flexibility index (Phi) is 2.64. The van der Waals surface area contributed by atoms with E-state index in [1.54, 1.807) is 0 Å². The highest BCUT2D eigenvalue weighted by Gasteiger charge is 2.50. The molecule has 0 aromatic carbocycles. The highest BCUT2D eigenvalue weighted by Crippen LogP contribution is 2.38. The number of carbonyl (C=O) groups is 1. The number of nitrogens with zero attached hydrogens (tertiary/aromatic N) is 1. The molecule has 2 aliphatic heterocycles. The van der Waals surface area contributed by atoms with Crippen molar-refractivity contribution in [2.24, 2.45) is 0 Å². The highest BCUT2D eigenvalue weighted by atomic mass is 35.5. The lowest BCUT2D eigenvalue weighted by molar-refractivity contribution is -0.147. The Morgan fingerprint density at radius 3 is 2.08 bits per heavy atom. The fourth-order valence-electron chi connectivity index (χ4n) is 2.45. The average molecular weight is 192 g/mol. The van der Waals surface area contributed by atoms with Gasteiger partial charge in [0.25, 0.3) is 0 Å². The van der Waals surface area contributed by atoms with Crippen LogP contribution in [0.3, 0.4) is 0 Å². The van der Waals surface area contributed by atoms with Gasteiger partial charge in [0.05, 0.1) is 0 Å². The number of halogens is 1. The fraction of sp³-hybridized carbons (Fsp3) is 0.875. The molecule has 2 saturated heterocycles. The molecule has 0 aliphatic carbocycles. The number of fused-ring (bicyclic) bond motifs is 1. The monoisotopic (exact) mass is 191 g/mol. The van der Waals surface area contributed by atoms with Crippen molar-refractivity contribution < 1.29 is 9.90 Å². The molecule has 2 heterocycles. The van der Waals surface area contributed by atoms with Crippen molar-refractivity contribution in [3.8, 4) is 0 Å². The number of hydrogen-bond acceptors (Lipinski definition) is 2. The van der Waals surface area contributed by atoms with Gasteiger partial charge in [-0.1, -0.05) is 0 Å². The molecule has 0 atom stereocenters. The minimum absolute atomic E-state index is 0. The topological polar surface area (TPSA) is 40.5 Å². The van der Waals surface area contributed by atoms with Gasteiger partial charge in [0, 0.05) is 0 Å². The smallest absolute Gasteiger partial charge is 0.324 e. The summed E-state index contributed by atoms with van der Waals surface area (Å²) >= 11 is 0. The van der Waals surface area contributed by atoms with Crippen molar-refractivity contribution >= 4 is 18.4 Å². The molecular formula is C8H14ClNO2. The summed E-state index contributed by atoms with van der Waals surface area (Å²) in [6.45, 7) is 1.98. The zero-order chi connectivity index (χ0) is 7.90. The molecule has 0 aromatic rings. The summed E-state index contributed by atoms with van der Waals surface area (Å²) in [6, 6.07) is 0. The van der Waals surface area contributed by atoms with Crippen LogP contribution in [0.2, 0.25) is 0 Å². The van der Waals surface area contributed by atoms with Crippen LogP contribution in [0, 0.1) is 0 Å². The van der Waals surface area contributed by atoms with Gasteiger partial charge in [0.1, 0.15) is 5.54 Å². The van der Waals surface area contributed by atoms with E-state index in [1.807, 2.05) is 0 Å². The number of hydrogen-bond donors (Lipinski definition) is 1. The summed E-state index contributed by atoms with van der Waals surface area (Å²) < 4.78 is 0. The standard InChI is InChI=1S/C8H13NO2.ClH/c10-7(11)8-3-1-5-9(8)6-2-4-8;/h1-6H2,(H,10,11);1H. The minimum atomic E-state index is -0.604. The Hall–Kier alpha value is -0.280. The van der Waals surface area contributed by atoms with Crippen molar-refractivity contribution in [2.45, 2.75) is 31.2 Å². The lowest BCUT2D eigenvalue weighted by Crippen LogP contribution is -2.45. The third-order valence-corrected chi connectivity index (χ3v) is 3.04. The molecule has 2 fully saturated rings. The van der Waals surface area contributed by atoms with Gasteiger partial charge in [-0.3, -0.25) is 9.69 Å². The van der Waals surface area contributed by atoms with E-state index in [0.717, 1.165) is 38.8 Å². The fourth-order valence-corrected chi connectivity index (χ4v) is 2.45. The van der Waals surface area contributed by atoms with Gasteiger partial charge in [-0.15, -0.1) is 12.4 Å². The van der Waals surface area contributed by atoms with Gasteiger partial charge in [-0.05, 0) is 38.8 Å². The second-order valence-electron chi connectivity index (χ2n) is 3.53. The summed E-state index contributed by atoms with van der Waals surface area (Å²) in [5.74, 6) is -0.604. The molecule has 0 spiro atoms. The van der Waals surface area contributed by atoms with Crippen LogP contribution in [0.4, 0.5) is 0 Å². The first-order valence-corrected chi connectivity index (χ1v) is 4.24. The summed E-state index contributed by atoms with van der Waals surface area (Å²) in [6.07, 6.45) is 3.85. The average Bonchev–Trinajstić information content (AvgIpc) is 2.40. The van der Waals surface area contributed by atoms with Crippen molar-refractivity contribution in [1.29, 1.82) is 0 Å². The molecule has 70 valence electrons. The van der Waals surface area contributed by atoms with Crippen molar-refractivity contribution in [3.63, 3.8) is 0 Å². The van der Waals surface area contributed by atoms with E-state index in [0.29, 0.717) is 0 Å². The SMILES string of the molecule is Cl.O=C(O)C12CCCN1CCC2. The van der Waals surface area contributed by atoms with Crippen LogP contribution in [0.5, 0.6) is 0 Å². The lowest BCUT2D eigenvalue weighted by atomic mass is 9.95. The van der Waals surface area contributed by atoms with Crippen molar-refractivity contribution in [2.75, 3.05) is 13.1 Å². The molecule has 4 heteroatoms. The first-order valence-electron chi connectivity index (χ1n) is 4.24. The first-order chi connectivity index (χ1) is 5.26. The molecule has 3 nitrogen and oxygen atoms in total. The Labute approximate surface area is 78.2 Å². The first kappa shape index (κ1) is 9.81. The predicted octanol–water partition coefficient (Wildman–Crippen LogP) is 1.12. The lowest BCUT2D eigenvalue weighted by Gasteiger charge is -2.26. The number of rotatable bonds is 1. The molecule has 0 bridgehead atoms. The van der Waals surface area contributed by atoms with Crippen LogP contribution in [0.15, 0.2) is 0 Å². The van der Waals surface area contributed by atoms with E-state index in [9.17, 15) is 4.79 Å². The second-order valence-corrected chi connectivity index (χ2v) is 3.53. The maximum absolute atomic E-state index is 11.0. The molecular weight excluding hydrogens is 178 g/mol. The Morgan fingerprint density at radius 2 is 1.75 bits per heavy atom. The van der Waals surface area contributed by atoms with E-state index >= 15 is 0 Å². The number of aliphatic carboxylic acids is 1. The normalized spacial score (nSPS) is 26.3. The van der Waals surface area contributed by atoms with Crippen molar-refractivity contribution in [1.82, 2.24) is 4.90 Å².